The second-order valence-corrected chi connectivity index (χ2v) is 17.1. The number of fused-ring (bicyclic) bond motifs is 1. The van der Waals surface area contributed by atoms with Crippen LogP contribution >= 0.6 is 22.9 Å². The molecule has 11 nitrogen and oxygen atoms in total. The van der Waals surface area contributed by atoms with Gasteiger partial charge in [-0.25, -0.2) is 16.8 Å². The van der Waals surface area contributed by atoms with Crippen LogP contribution in [0.15, 0.2) is 69.1 Å². The number of sulfonamides is 2. The molecule has 0 aliphatic carbocycles. The zero-order chi connectivity index (χ0) is 34.4. The van der Waals surface area contributed by atoms with Gasteiger partial charge in [-0.2, -0.15) is 4.31 Å². The van der Waals surface area contributed by atoms with Gasteiger partial charge in [-0.05, 0) is 87.0 Å². The van der Waals surface area contributed by atoms with Gasteiger partial charge >= 0.3 is 0 Å². The van der Waals surface area contributed by atoms with Crippen molar-refractivity contribution in [1.82, 2.24) is 9.21 Å². The number of halogens is 1. The number of benzene rings is 2. The summed E-state index contributed by atoms with van der Waals surface area (Å²) in [5.41, 5.74) is 0.267. The quantitative estimate of drug-likeness (QED) is 0.302. The van der Waals surface area contributed by atoms with Crippen molar-refractivity contribution in [3.63, 3.8) is 0 Å². The number of hydrogen-bond acceptors (Lipinski definition) is 9. The highest BCUT2D eigenvalue weighted by Crippen LogP contribution is 2.30. The van der Waals surface area contributed by atoms with E-state index in [1.165, 1.54) is 52.7 Å². The lowest BCUT2D eigenvalue weighted by atomic mass is 10.0. The maximum atomic E-state index is 14.3. The highest BCUT2D eigenvalue weighted by molar-refractivity contribution is 7.92. The van der Waals surface area contributed by atoms with Crippen molar-refractivity contribution in [3.8, 4) is 5.75 Å². The number of carbonyl (C=O) groups excluding carboxylic acids is 1. The molecule has 2 N–H and O–H groups in total. The monoisotopic (exact) mass is 727 g/mol. The summed E-state index contributed by atoms with van der Waals surface area (Å²) in [7, 11) is -6.24. The van der Waals surface area contributed by atoms with Crippen LogP contribution in [0.5, 0.6) is 5.75 Å². The summed E-state index contributed by atoms with van der Waals surface area (Å²) in [5.74, 6) is -0.554. The zero-order valence-corrected chi connectivity index (χ0v) is 30.0. The van der Waals surface area contributed by atoms with Crippen LogP contribution in [0.4, 0.5) is 5.69 Å². The SMILES string of the molecule is C[C@@H]1CCCCO[C@@H](CN(C)S(=O)(=O)c2cccs2)[C@H](C)CN([C@H](C)CO)C(=O)c2cc(NS(=O)(=O)c3ccc(Cl)cc3)ccc2O1. The fourth-order valence-corrected chi connectivity index (χ4v) is 8.75. The van der Waals surface area contributed by atoms with Crippen LogP contribution in [0.1, 0.15) is 50.4 Å². The number of hydrogen-bond donors (Lipinski definition) is 2. The van der Waals surface area contributed by atoms with Crippen molar-refractivity contribution in [2.45, 2.75) is 67.4 Å². The molecule has 0 saturated carbocycles. The number of nitrogens with zero attached hydrogens (tertiary/aromatic N) is 2. The molecule has 258 valence electrons. The topological polar surface area (TPSA) is 143 Å². The molecule has 4 rings (SSSR count). The molecule has 0 fully saturated rings. The minimum absolute atomic E-state index is 0.000335. The van der Waals surface area contributed by atoms with Crippen molar-refractivity contribution in [1.29, 1.82) is 0 Å². The van der Waals surface area contributed by atoms with Crippen molar-refractivity contribution < 1.29 is 36.2 Å². The van der Waals surface area contributed by atoms with Crippen LogP contribution in [0.3, 0.4) is 0 Å². The van der Waals surface area contributed by atoms with Gasteiger partial charge < -0.3 is 19.5 Å². The van der Waals surface area contributed by atoms with Crippen LogP contribution in [-0.4, -0.2) is 88.7 Å². The van der Waals surface area contributed by atoms with E-state index in [2.05, 4.69) is 4.72 Å². The molecule has 2 heterocycles. The predicted octanol–water partition coefficient (Wildman–Crippen LogP) is 5.32. The molecular weight excluding hydrogens is 686 g/mol. The molecule has 1 aliphatic heterocycles. The molecule has 1 amide bonds. The first-order valence-corrected chi connectivity index (χ1v) is 19.5. The first kappa shape index (κ1) is 37.1. The van der Waals surface area contributed by atoms with Gasteiger partial charge in [0, 0.05) is 43.4 Å². The van der Waals surface area contributed by atoms with Crippen LogP contribution in [-0.2, 0) is 24.8 Å². The van der Waals surface area contributed by atoms with Gasteiger partial charge in [0.15, 0.2) is 0 Å². The molecule has 2 aromatic carbocycles. The Labute approximate surface area is 286 Å². The Hall–Kier alpha value is -2.72. The largest absolute Gasteiger partial charge is 0.490 e. The van der Waals surface area contributed by atoms with E-state index in [1.807, 2.05) is 13.8 Å². The minimum Gasteiger partial charge on any atom is -0.490 e. The Morgan fingerprint density at radius 1 is 1.11 bits per heavy atom. The Balaban J connectivity index is 1.68. The number of thiophene rings is 1. The Bertz CT molecular complexity index is 1700. The zero-order valence-electron chi connectivity index (χ0n) is 26.8. The summed E-state index contributed by atoms with van der Waals surface area (Å²) in [6, 6.07) is 12.8. The summed E-state index contributed by atoms with van der Waals surface area (Å²) in [6.45, 7) is 5.70. The lowest BCUT2D eigenvalue weighted by molar-refractivity contribution is -0.00832. The first-order chi connectivity index (χ1) is 22.2. The number of aliphatic hydroxyl groups excluding tert-OH is 1. The van der Waals surface area contributed by atoms with Crippen molar-refractivity contribution in [2.24, 2.45) is 5.92 Å². The first-order valence-electron chi connectivity index (χ1n) is 15.3. The molecular formula is C32H42ClN3O8S3. The van der Waals surface area contributed by atoms with Crippen molar-refractivity contribution >= 4 is 54.6 Å². The smallest absolute Gasteiger partial charge is 0.261 e. The summed E-state index contributed by atoms with van der Waals surface area (Å²) in [5, 5.41) is 12.3. The highest BCUT2D eigenvalue weighted by Gasteiger charge is 2.33. The van der Waals surface area contributed by atoms with E-state index in [-0.39, 0.29) is 57.8 Å². The van der Waals surface area contributed by atoms with E-state index < -0.39 is 38.1 Å². The molecule has 0 unspecified atom stereocenters. The third kappa shape index (κ3) is 9.46. The summed E-state index contributed by atoms with van der Waals surface area (Å²) < 4.78 is 69.3. The lowest BCUT2D eigenvalue weighted by Gasteiger charge is -2.35. The van der Waals surface area contributed by atoms with E-state index in [9.17, 15) is 26.7 Å². The molecule has 0 radical (unpaired) electrons. The summed E-state index contributed by atoms with van der Waals surface area (Å²) in [6.07, 6.45) is 1.30. The van der Waals surface area contributed by atoms with E-state index in [0.717, 1.165) is 17.8 Å². The molecule has 47 heavy (non-hydrogen) atoms. The predicted molar refractivity (Wildman–Crippen MR) is 183 cm³/mol. The van der Waals surface area contributed by atoms with Gasteiger partial charge in [-0.3, -0.25) is 9.52 Å². The molecule has 1 aliphatic rings. The van der Waals surface area contributed by atoms with Crippen LogP contribution in [0, 0.1) is 5.92 Å². The highest BCUT2D eigenvalue weighted by atomic mass is 35.5. The molecule has 0 spiro atoms. The van der Waals surface area contributed by atoms with E-state index in [4.69, 9.17) is 21.1 Å². The molecule has 0 saturated heterocycles. The molecule has 1 aromatic heterocycles. The lowest BCUT2D eigenvalue weighted by Crippen LogP contribution is -2.48. The third-order valence-electron chi connectivity index (χ3n) is 8.02. The number of nitrogens with one attached hydrogen (secondary N) is 1. The van der Waals surface area contributed by atoms with E-state index >= 15 is 0 Å². The standard InChI is InChI=1S/C32H42ClN3O8S3/c1-22-19-36(23(2)21-37)32(38)28-18-26(34-46(39,40)27-13-10-25(33)11-14-27)12-15-29(28)44-24(3)8-5-6-16-43-30(22)20-35(4)47(41,42)31-9-7-17-45-31/h7,9-15,17-18,22-24,30,34,37H,5-6,8,16,19-21H2,1-4H3/t22-,23-,24-,30+/m1/s1. The molecule has 0 bridgehead atoms. The normalized spacial score (nSPS) is 21.0. The maximum Gasteiger partial charge on any atom is 0.261 e. The third-order valence-corrected chi connectivity index (χ3v) is 12.9. The second-order valence-electron chi connectivity index (χ2n) is 11.8. The van der Waals surface area contributed by atoms with Gasteiger partial charge in [0.2, 0.25) is 0 Å². The fourth-order valence-electron chi connectivity index (χ4n) is 5.19. The van der Waals surface area contributed by atoms with Crippen molar-refractivity contribution in [2.75, 3.05) is 38.1 Å². The number of anilines is 1. The number of aliphatic hydroxyl groups is 1. The average Bonchev–Trinajstić information content (AvgIpc) is 3.59. The number of carbonyl (C=O) groups is 1. The Morgan fingerprint density at radius 2 is 1.83 bits per heavy atom. The summed E-state index contributed by atoms with van der Waals surface area (Å²) >= 11 is 7.07. The Kier molecular flexibility index (Phi) is 12.7. The Morgan fingerprint density at radius 3 is 2.49 bits per heavy atom. The average molecular weight is 728 g/mol. The molecule has 15 heteroatoms. The van der Waals surface area contributed by atoms with Crippen molar-refractivity contribution in [3.05, 3.63) is 70.6 Å². The number of likely N-dealkylation sites (N-methyl/N-ethyl adjacent to an activating group) is 1. The van der Waals surface area contributed by atoms with Gasteiger partial charge in [0.1, 0.15) is 9.96 Å². The number of rotatable bonds is 9. The summed E-state index contributed by atoms with van der Waals surface area (Å²) in [4.78, 5) is 15.8. The van der Waals surface area contributed by atoms with Crippen LogP contribution < -0.4 is 9.46 Å². The number of ether oxygens (including phenoxy) is 2. The molecule has 3 aromatic rings. The molecule has 4 atom stereocenters. The fraction of sp³-hybridized carbons (Fsp3) is 0.469. The minimum atomic E-state index is -4.01. The number of amides is 1. The second kappa shape index (κ2) is 16.1. The van der Waals surface area contributed by atoms with E-state index in [1.54, 1.807) is 30.5 Å². The van der Waals surface area contributed by atoms with Gasteiger partial charge in [-0.15, -0.1) is 11.3 Å². The van der Waals surface area contributed by atoms with Gasteiger partial charge in [0.25, 0.3) is 26.0 Å². The van der Waals surface area contributed by atoms with Gasteiger partial charge in [0.05, 0.1) is 35.3 Å². The van der Waals surface area contributed by atoms with E-state index in [0.29, 0.717) is 24.5 Å². The van der Waals surface area contributed by atoms with Gasteiger partial charge in [-0.1, -0.05) is 24.6 Å². The maximum absolute atomic E-state index is 14.3. The van der Waals surface area contributed by atoms with Crippen LogP contribution in [0.2, 0.25) is 5.02 Å². The van der Waals surface area contributed by atoms with Crippen LogP contribution in [0.25, 0.3) is 0 Å².